The molecule has 0 heterocycles. The van der Waals surface area contributed by atoms with Crippen molar-refractivity contribution in [3.63, 3.8) is 0 Å². The molecule has 6 heteroatoms. The SMILES string of the molecule is CC(C)C(Cl)(Cl)C(=O)[C@@H](NC(=O)O)c1ccccc1. The zero-order chi connectivity index (χ0) is 14.6. The molecule has 1 aromatic rings. The average Bonchev–Trinajstić information content (AvgIpc) is 2.35. The maximum absolute atomic E-state index is 12.4. The summed E-state index contributed by atoms with van der Waals surface area (Å²) >= 11 is 12.1. The lowest BCUT2D eigenvalue weighted by Gasteiger charge is -2.27. The van der Waals surface area contributed by atoms with E-state index in [1.807, 2.05) is 0 Å². The number of hydrogen-bond donors (Lipinski definition) is 2. The summed E-state index contributed by atoms with van der Waals surface area (Å²) in [4.78, 5) is 23.2. The first-order valence-electron chi connectivity index (χ1n) is 5.73. The van der Waals surface area contributed by atoms with E-state index in [1.165, 1.54) is 0 Å². The van der Waals surface area contributed by atoms with E-state index >= 15 is 0 Å². The predicted octanol–water partition coefficient (Wildman–Crippen LogP) is 3.39. The number of benzene rings is 1. The number of carbonyl (C=O) groups is 2. The van der Waals surface area contributed by atoms with Crippen LogP contribution in [-0.2, 0) is 4.79 Å². The summed E-state index contributed by atoms with van der Waals surface area (Å²) in [6.45, 7) is 3.39. The number of halogens is 2. The highest BCUT2D eigenvalue weighted by Gasteiger charge is 2.42. The minimum Gasteiger partial charge on any atom is -0.465 e. The van der Waals surface area contributed by atoms with Gasteiger partial charge in [0.2, 0.25) is 0 Å². The van der Waals surface area contributed by atoms with Crippen LogP contribution in [0, 0.1) is 5.92 Å². The summed E-state index contributed by atoms with van der Waals surface area (Å²) < 4.78 is -1.65. The van der Waals surface area contributed by atoms with E-state index in [-0.39, 0.29) is 5.92 Å². The molecule has 4 nitrogen and oxygen atoms in total. The Morgan fingerprint density at radius 2 is 1.74 bits per heavy atom. The molecule has 1 amide bonds. The van der Waals surface area contributed by atoms with Gasteiger partial charge in [-0.2, -0.15) is 0 Å². The van der Waals surface area contributed by atoms with E-state index in [0.717, 1.165) is 0 Å². The molecule has 0 unspecified atom stereocenters. The third kappa shape index (κ3) is 3.85. The van der Waals surface area contributed by atoms with Crippen molar-refractivity contribution in [3.05, 3.63) is 35.9 Å². The summed E-state index contributed by atoms with van der Waals surface area (Å²) in [7, 11) is 0. The molecule has 0 bridgehead atoms. The van der Waals surface area contributed by atoms with Crippen molar-refractivity contribution >= 4 is 35.1 Å². The van der Waals surface area contributed by atoms with Crippen LogP contribution < -0.4 is 5.32 Å². The van der Waals surface area contributed by atoms with Crippen LogP contribution >= 0.6 is 23.2 Å². The lowest BCUT2D eigenvalue weighted by Crippen LogP contribution is -2.43. The summed E-state index contributed by atoms with van der Waals surface area (Å²) in [5, 5.41) is 11.0. The van der Waals surface area contributed by atoms with E-state index in [0.29, 0.717) is 5.56 Å². The second-order valence-electron chi connectivity index (χ2n) is 4.44. The van der Waals surface area contributed by atoms with E-state index < -0.39 is 22.3 Å². The first-order chi connectivity index (χ1) is 8.76. The van der Waals surface area contributed by atoms with Gasteiger partial charge >= 0.3 is 6.09 Å². The summed E-state index contributed by atoms with van der Waals surface area (Å²) in [5.74, 6) is -0.926. The minimum absolute atomic E-state index is 0.342. The molecule has 0 aliphatic carbocycles. The smallest absolute Gasteiger partial charge is 0.405 e. The Balaban J connectivity index is 3.12. The molecule has 0 saturated carbocycles. The fourth-order valence-electron chi connectivity index (χ4n) is 1.55. The molecular weight excluding hydrogens is 289 g/mol. The van der Waals surface area contributed by atoms with Gasteiger partial charge in [-0.3, -0.25) is 4.79 Å². The molecule has 1 atom stereocenters. The van der Waals surface area contributed by atoms with Crippen LogP contribution in [0.1, 0.15) is 25.5 Å². The van der Waals surface area contributed by atoms with Gasteiger partial charge in [-0.1, -0.05) is 67.4 Å². The monoisotopic (exact) mass is 303 g/mol. The van der Waals surface area contributed by atoms with E-state index in [9.17, 15) is 9.59 Å². The maximum Gasteiger partial charge on any atom is 0.405 e. The highest BCUT2D eigenvalue weighted by Crippen LogP contribution is 2.35. The number of nitrogens with one attached hydrogen (secondary N) is 1. The number of carboxylic acid groups (broad SMARTS) is 1. The lowest BCUT2D eigenvalue weighted by atomic mass is 9.95. The number of amides is 1. The fraction of sp³-hybridized carbons (Fsp3) is 0.385. The third-order valence-corrected chi connectivity index (χ3v) is 3.96. The first kappa shape index (κ1) is 15.8. The van der Waals surface area contributed by atoms with Crippen molar-refractivity contribution in [1.82, 2.24) is 5.32 Å². The van der Waals surface area contributed by atoms with Crippen LogP contribution in [0.5, 0.6) is 0 Å². The number of alkyl halides is 2. The van der Waals surface area contributed by atoms with Crippen molar-refractivity contribution in [2.45, 2.75) is 24.2 Å². The number of rotatable bonds is 5. The Hall–Kier alpha value is -1.26. The van der Waals surface area contributed by atoms with Crippen molar-refractivity contribution < 1.29 is 14.7 Å². The third-order valence-electron chi connectivity index (χ3n) is 2.72. The number of Topliss-reactive ketones (excluding diaryl/α,β-unsaturated/α-hetero) is 1. The molecule has 0 fully saturated rings. The summed E-state index contributed by atoms with van der Waals surface area (Å²) in [6.07, 6.45) is -1.31. The number of ketones is 1. The van der Waals surface area contributed by atoms with Crippen LogP contribution in [0.3, 0.4) is 0 Å². The number of carbonyl (C=O) groups excluding carboxylic acids is 1. The molecule has 0 aliphatic heterocycles. The fourth-order valence-corrected chi connectivity index (χ4v) is 1.76. The van der Waals surface area contributed by atoms with Gasteiger partial charge in [0.05, 0.1) is 0 Å². The summed E-state index contributed by atoms with van der Waals surface area (Å²) in [5.41, 5.74) is 0.501. The van der Waals surface area contributed by atoms with Crippen LogP contribution in [0.4, 0.5) is 4.79 Å². The number of hydrogen-bond acceptors (Lipinski definition) is 2. The van der Waals surface area contributed by atoms with Crippen LogP contribution in [0.15, 0.2) is 30.3 Å². The standard InChI is InChI=1S/C13H15Cl2NO3/c1-8(2)13(14,15)11(17)10(16-12(18)19)9-6-4-3-5-7-9/h3-8,10,16H,1-2H3,(H,18,19)/t10-/m0/s1. The van der Waals surface area contributed by atoms with Crippen molar-refractivity contribution in [2.75, 3.05) is 0 Å². The van der Waals surface area contributed by atoms with Crippen LogP contribution in [-0.4, -0.2) is 21.3 Å². The predicted molar refractivity (Wildman–Crippen MR) is 74.6 cm³/mol. The van der Waals surface area contributed by atoms with Gasteiger partial charge in [0, 0.05) is 0 Å². The molecule has 1 aromatic carbocycles. The highest BCUT2D eigenvalue weighted by molar-refractivity contribution is 6.58. The normalized spacial score (nSPS) is 13.1. The first-order valence-corrected chi connectivity index (χ1v) is 6.49. The molecule has 19 heavy (non-hydrogen) atoms. The highest BCUT2D eigenvalue weighted by atomic mass is 35.5. The second-order valence-corrected chi connectivity index (χ2v) is 5.82. The minimum atomic E-state index is -1.65. The summed E-state index contributed by atoms with van der Waals surface area (Å²) in [6, 6.07) is 7.38. The Bertz CT molecular complexity index is 460. The van der Waals surface area contributed by atoms with Crippen molar-refractivity contribution in [2.24, 2.45) is 5.92 Å². The Morgan fingerprint density at radius 3 is 2.16 bits per heavy atom. The van der Waals surface area contributed by atoms with Gasteiger partial charge in [-0.15, -0.1) is 0 Å². The Morgan fingerprint density at radius 1 is 1.21 bits per heavy atom. The molecule has 1 rings (SSSR count). The van der Waals surface area contributed by atoms with E-state index in [1.54, 1.807) is 44.2 Å². The van der Waals surface area contributed by atoms with Crippen LogP contribution in [0.2, 0.25) is 0 Å². The van der Waals surface area contributed by atoms with Gasteiger partial charge in [0.15, 0.2) is 10.1 Å². The Labute approximate surface area is 121 Å². The quantitative estimate of drug-likeness (QED) is 0.819. The topological polar surface area (TPSA) is 66.4 Å². The zero-order valence-electron chi connectivity index (χ0n) is 10.6. The maximum atomic E-state index is 12.4. The van der Waals surface area contributed by atoms with Crippen molar-refractivity contribution in [3.8, 4) is 0 Å². The second kappa shape index (κ2) is 6.26. The van der Waals surface area contributed by atoms with Gasteiger partial charge < -0.3 is 10.4 Å². The molecule has 0 aliphatic rings. The molecule has 0 spiro atoms. The van der Waals surface area contributed by atoms with Gasteiger partial charge in [0.25, 0.3) is 0 Å². The molecule has 0 radical (unpaired) electrons. The molecule has 0 aromatic heterocycles. The van der Waals surface area contributed by atoms with Gasteiger partial charge in [-0.05, 0) is 11.5 Å². The van der Waals surface area contributed by atoms with E-state index in [4.69, 9.17) is 28.3 Å². The largest absolute Gasteiger partial charge is 0.465 e. The van der Waals surface area contributed by atoms with Gasteiger partial charge in [-0.25, -0.2) is 4.79 Å². The lowest BCUT2D eigenvalue weighted by molar-refractivity contribution is -0.122. The van der Waals surface area contributed by atoms with Crippen molar-refractivity contribution in [1.29, 1.82) is 0 Å². The van der Waals surface area contributed by atoms with E-state index in [2.05, 4.69) is 5.32 Å². The van der Waals surface area contributed by atoms with Gasteiger partial charge in [0.1, 0.15) is 6.04 Å². The molecule has 0 saturated heterocycles. The molecular formula is C13H15Cl2NO3. The Kier molecular flexibility index (Phi) is 5.20. The molecule has 104 valence electrons. The average molecular weight is 304 g/mol. The van der Waals surface area contributed by atoms with Crippen LogP contribution in [0.25, 0.3) is 0 Å². The molecule has 2 N–H and O–H groups in total. The zero-order valence-corrected chi connectivity index (χ0v) is 12.1.